The fourth-order valence-electron chi connectivity index (χ4n) is 3.76. The van der Waals surface area contributed by atoms with E-state index < -0.39 is 5.41 Å². The van der Waals surface area contributed by atoms with Crippen molar-refractivity contribution in [1.29, 1.82) is 0 Å². The number of carbonyl (C=O) groups is 1. The largest absolute Gasteiger partial charge is 0.409 e. The van der Waals surface area contributed by atoms with Crippen LogP contribution >= 0.6 is 0 Å². The number of nitrogens with zero attached hydrogens (tertiary/aromatic N) is 2. The molecule has 21 heavy (non-hydrogen) atoms. The molecule has 2 aliphatic rings. The first-order valence-electron chi connectivity index (χ1n) is 8.48. The van der Waals surface area contributed by atoms with Gasteiger partial charge in [-0.15, -0.1) is 0 Å². The first kappa shape index (κ1) is 16.1. The minimum atomic E-state index is -0.759. The Morgan fingerprint density at radius 3 is 1.90 bits per heavy atom. The molecule has 0 unspecified atom stereocenters. The molecule has 1 saturated heterocycles. The van der Waals surface area contributed by atoms with Crippen LogP contribution in [0.2, 0.25) is 0 Å². The number of carbonyl (C=O) groups excluding carboxylic acids is 1. The van der Waals surface area contributed by atoms with Crippen molar-refractivity contribution in [3.05, 3.63) is 0 Å². The SMILES string of the molecule is NC(=NO)C1(C(=O)N2CCCCCCC2)CCCCCC1. The summed E-state index contributed by atoms with van der Waals surface area (Å²) in [6.07, 6.45) is 11.5. The van der Waals surface area contributed by atoms with Crippen LogP contribution in [0.25, 0.3) is 0 Å². The van der Waals surface area contributed by atoms with E-state index in [1.165, 1.54) is 19.3 Å². The van der Waals surface area contributed by atoms with Gasteiger partial charge in [0.2, 0.25) is 5.91 Å². The second-order valence-electron chi connectivity index (χ2n) is 6.54. The Labute approximate surface area is 127 Å². The quantitative estimate of drug-likeness (QED) is 0.270. The molecular weight excluding hydrogens is 266 g/mol. The van der Waals surface area contributed by atoms with E-state index in [4.69, 9.17) is 5.73 Å². The lowest BCUT2D eigenvalue weighted by Gasteiger charge is -2.36. The smallest absolute Gasteiger partial charge is 0.236 e. The standard InChI is InChI=1S/C16H29N3O2/c17-14(18-21)16(10-6-2-3-7-11-16)15(20)19-12-8-4-1-5-9-13-19/h21H,1-13H2,(H2,17,18). The zero-order valence-electron chi connectivity index (χ0n) is 13.0. The Balaban J connectivity index is 2.19. The van der Waals surface area contributed by atoms with E-state index in [-0.39, 0.29) is 11.7 Å². The molecule has 0 aromatic heterocycles. The van der Waals surface area contributed by atoms with Crippen LogP contribution in [0.4, 0.5) is 0 Å². The molecule has 0 atom stereocenters. The van der Waals surface area contributed by atoms with Gasteiger partial charge in [-0.2, -0.15) is 0 Å². The van der Waals surface area contributed by atoms with E-state index in [0.717, 1.165) is 64.5 Å². The van der Waals surface area contributed by atoms with Crippen LogP contribution in [-0.2, 0) is 4.79 Å². The molecule has 1 aliphatic heterocycles. The van der Waals surface area contributed by atoms with Gasteiger partial charge < -0.3 is 15.8 Å². The van der Waals surface area contributed by atoms with Crippen molar-refractivity contribution >= 4 is 11.7 Å². The van der Waals surface area contributed by atoms with Gasteiger partial charge in [-0.05, 0) is 25.7 Å². The number of hydrogen-bond acceptors (Lipinski definition) is 3. The molecule has 1 saturated carbocycles. The zero-order chi connectivity index (χ0) is 15.1. The average molecular weight is 295 g/mol. The van der Waals surface area contributed by atoms with Crippen LogP contribution in [0, 0.1) is 5.41 Å². The Bertz CT molecular complexity index is 366. The van der Waals surface area contributed by atoms with Crippen LogP contribution in [0.1, 0.15) is 70.6 Å². The molecule has 0 aromatic carbocycles. The Kier molecular flexibility index (Phi) is 5.88. The Morgan fingerprint density at radius 1 is 0.905 bits per heavy atom. The van der Waals surface area contributed by atoms with Gasteiger partial charge in [0.15, 0.2) is 5.84 Å². The van der Waals surface area contributed by atoms with Gasteiger partial charge in [-0.1, -0.05) is 50.1 Å². The van der Waals surface area contributed by atoms with E-state index in [9.17, 15) is 10.0 Å². The normalized spacial score (nSPS) is 24.8. The van der Waals surface area contributed by atoms with E-state index in [1.54, 1.807) is 0 Å². The predicted octanol–water partition coefficient (Wildman–Crippen LogP) is 2.87. The summed E-state index contributed by atoms with van der Waals surface area (Å²) < 4.78 is 0. The van der Waals surface area contributed by atoms with Crippen LogP contribution < -0.4 is 5.73 Å². The van der Waals surface area contributed by atoms with Crippen molar-refractivity contribution in [3.8, 4) is 0 Å². The molecule has 1 amide bonds. The highest BCUT2D eigenvalue weighted by molar-refractivity contribution is 6.06. The minimum Gasteiger partial charge on any atom is -0.409 e. The monoisotopic (exact) mass is 295 g/mol. The Hall–Kier alpha value is -1.26. The van der Waals surface area contributed by atoms with Crippen LogP contribution in [-0.4, -0.2) is 34.9 Å². The third-order valence-corrected chi connectivity index (χ3v) is 5.11. The third-order valence-electron chi connectivity index (χ3n) is 5.11. The van der Waals surface area contributed by atoms with Gasteiger partial charge in [-0.25, -0.2) is 0 Å². The summed E-state index contributed by atoms with van der Waals surface area (Å²) in [5.41, 5.74) is 5.22. The molecule has 0 bridgehead atoms. The lowest BCUT2D eigenvalue weighted by Crippen LogP contribution is -2.52. The number of amides is 1. The molecule has 0 spiro atoms. The van der Waals surface area contributed by atoms with Gasteiger partial charge in [0.1, 0.15) is 5.41 Å². The fraction of sp³-hybridized carbons (Fsp3) is 0.875. The van der Waals surface area contributed by atoms with Gasteiger partial charge in [0, 0.05) is 13.1 Å². The lowest BCUT2D eigenvalue weighted by atomic mass is 9.77. The summed E-state index contributed by atoms with van der Waals surface area (Å²) in [6, 6.07) is 0. The van der Waals surface area contributed by atoms with Gasteiger partial charge in [-0.3, -0.25) is 4.79 Å². The number of likely N-dealkylation sites (tertiary alicyclic amines) is 1. The van der Waals surface area contributed by atoms with Gasteiger partial charge in [0.05, 0.1) is 0 Å². The van der Waals surface area contributed by atoms with Crippen LogP contribution in [0.3, 0.4) is 0 Å². The first-order chi connectivity index (χ1) is 10.2. The molecule has 1 aliphatic carbocycles. The van der Waals surface area contributed by atoms with Crippen molar-refractivity contribution in [1.82, 2.24) is 4.90 Å². The maximum Gasteiger partial charge on any atom is 0.236 e. The maximum atomic E-state index is 13.1. The highest BCUT2D eigenvalue weighted by Crippen LogP contribution is 2.37. The van der Waals surface area contributed by atoms with Crippen molar-refractivity contribution in [2.45, 2.75) is 70.6 Å². The topological polar surface area (TPSA) is 78.9 Å². The van der Waals surface area contributed by atoms with E-state index in [2.05, 4.69) is 5.16 Å². The molecule has 2 rings (SSSR count). The molecule has 3 N–H and O–H groups in total. The number of amidine groups is 1. The van der Waals surface area contributed by atoms with E-state index in [0.29, 0.717) is 0 Å². The maximum absolute atomic E-state index is 13.1. The minimum absolute atomic E-state index is 0.0987. The van der Waals surface area contributed by atoms with E-state index >= 15 is 0 Å². The molecule has 1 heterocycles. The summed E-state index contributed by atoms with van der Waals surface area (Å²) >= 11 is 0. The summed E-state index contributed by atoms with van der Waals surface area (Å²) in [6.45, 7) is 1.64. The molecular formula is C16H29N3O2. The molecule has 5 nitrogen and oxygen atoms in total. The molecule has 5 heteroatoms. The number of nitrogens with two attached hydrogens (primary N) is 1. The van der Waals surface area contributed by atoms with Gasteiger partial charge >= 0.3 is 0 Å². The van der Waals surface area contributed by atoms with Crippen molar-refractivity contribution in [3.63, 3.8) is 0 Å². The molecule has 120 valence electrons. The summed E-state index contributed by atoms with van der Waals surface area (Å²) in [7, 11) is 0. The number of oxime groups is 1. The second-order valence-corrected chi connectivity index (χ2v) is 6.54. The van der Waals surface area contributed by atoms with Crippen molar-refractivity contribution in [2.24, 2.45) is 16.3 Å². The van der Waals surface area contributed by atoms with Crippen LogP contribution in [0.5, 0.6) is 0 Å². The van der Waals surface area contributed by atoms with Crippen LogP contribution in [0.15, 0.2) is 5.16 Å². The fourth-order valence-corrected chi connectivity index (χ4v) is 3.76. The molecule has 0 aromatic rings. The zero-order valence-corrected chi connectivity index (χ0v) is 13.0. The second kappa shape index (κ2) is 7.66. The Morgan fingerprint density at radius 2 is 1.38 bits per heavy atom. The van der Waals surface area contributed by atoms with Gasteiger partial charge in [0.25, 0.3) is 0 Å². The lowest BCUT2D eigenvalue weighted by molar-refractivity contribution is -0.139. The number of hydrogen-bond donors (Lipinski definition) is 2. The van der Waals surface area contributed by atoms with E-state index in [1.807, 2.05) is 4.90 Å². The first-order valence-corrected chi connectivity index (χ1v) is 8.48. The molecule has 2 fully saturated rings. The number of rotatable bonds is 2. The predicted molar refractivity (Wildman–Crippen MR) is 83.2 cm³/mol. The van der Waals surface area contributed by atoms with Crippen molar-refractivity contribution < 1.29 is 10.0 Å². The third kappa shape index (κ3) is 3.69. The highest BCUT2D eigenvalue weighted by atomic mass is 16.4. The van der Waals surface area contributed by atoms with Crippen molar-refractivity contribution in [2.75, 3.05) is 13.1 Å². The summed E-state index contributed by atoms with van der Waals surface area (Å²) in [4.78, 5) is 15.1. The summed E-state index contributed by atoms with van der Waals surface area (Å²) in [5.74, 6) is 0.220. The highest BCUT2D eigenvalue weighted by Gasteiger charge is 2.45. The molecule has 0 radical (unpaired) electrons. The average Bonchev–Trinajstić information content (AvgIpc) is 2.72. The summed E-state index contributed by atoms with van der Waals surface area (Å²) in [5, 5.41) is 12.4.